The molecule has 0 heterocycles. The summed E-state index contributed by atoms with van der Waals surface area (Å²) < 4.78 is 0. The highest BCUT2D eigenvalue weighted by Crippen LogP contribution is 2.05. The van der Waals surface area contributed by atoms with Gasteiger partial charge in [0.05, 0.1) is 0 Å². The van der Waals surface area contributed by atoms with Crippen LogP contribution < -0.4 is 11.1 Å². The predicted molar refractivity (Wildman–Crippen MR) is 61.1 cm³/mol. The molecule has 14 heavy (non-hydrogen) atoms. The quantitative estimate of drug-likeness (QED) is 0.372. The lowest BCUT2D eigenvalue weighted by molar-refractivity contribution is 0.124. The molecule has 0 bridgehead atoms. The Balaban J connectivity index is 3.06. The zero-order valence-electron chi connectivity index (χ0n) is 9.47. The molecular formula is C11H26N2O. The third-order valence-corrected chi connectivity index (χ3v) is 2.34. The summed E-state index contributed by atoms with van der Waals surface area (Å²) in [6.07, 6.45) is 7.73. The van der Waals surface area contributed by atoms with Crippen LogP contribution in [0.2, 0.25) is 0 Å². The number of nitrogens with two attached hydrogens (primary N) is 1. The van der Waals surface area contributed by atoms with Crippen LogP contribution in [0.15, 0.2) is 0 Å². The molecule has 0 saturated heterocycles. The van der Waals surface area contributed by atoms with E-state index in [0.29, 0.717) is 6.54 Å². The molecule has 0 aromatic carbocycles. The van der Waals surface area contributed by atoms with Crippen molar-refractivity contribution in [3.8, 4) is 0 Å². The van der Waals surface area contributed by atoms with E-state index in [-0.39, 0.29) is 6.23 Å². The first-order valence-electron chi connectivity index (χ1n) is 5.92. The lowest BCUT2D eigenvalue weighted by atomic mass is 10.1. The molecule has 3 heteroatoms. The van der Waals surface area contributed by atoms with Crippen molar-refractivity contribution in [2.24, 2.45) is 5.73 Å². The molecule has 0 aliphatic heterocycles. The maximum atomic E-state index is 9.48. The van der Waals surface area contributed by atoms with E-state index >= 15 is 0 Å². The molecule has 1 atom stereocenters. The van der Waals surface area contributed by atoms with Crippen LogP contribution in [-0.4, -0.2) is 24.4 Å². The minimum absolute atomic E-state index is 0.330. The van der Waals surface area contributed by atoms with Gasteiger partial charge in [0.2, 0.25) is 0 Å². The van der Waals surface area contributed by atoms with Gasteiger partial charge in [0.1, 0.15) is 6.23 Å². The van der Waals surface area contributed by atoms with Crippen LogP contribution in [0.25, 0.3) is 0 Å². The second kappa shape index (κ2) is 11.0. The normalized spacial score (nSPS) is 13.1. The lowest BCUT2D eigenvalue weighted by Gasteiger charge is -2.11. The highest BCUT2D eigenvalue weighted by Gasteiger charge is 2.01. The summed E-state index contributed by atoms with van der Waals surface area (Å²) >= 11 is 0. The molecule has 0 spiro atoms. The van der Waals surface area contributed by atoms with E-state index in [1.54, 1.807) is 0 Å². The van der Waals surface area contributed by atoms with Crippen molar-refractivity contribution in [1.82, 2.24) is 5.32 Å². The molecule has 0 saturated carbocycles. The van der Waals surface area contributed by atoms with Crippen LogP contribution in [0, 0.1) is 0 Å². The minimum atomic E-state index is -0.330. The Hall–Kier alpha value is -0.120. The first-order chi connectivity index (χ1) is 6.81. The molecule has 0 amide bonds. The van der Waals surface area contributed by atoms with Crippen molar-refractivity contribution < 1.29 is 5.11 Å². The number of hydrogen-bond donors (Lipinski definition) is 3. The third-order valence-electron chi connectivity index (χ3n) is 2.34. The van der Waals surface area contributed by atoms with E-state index in [2.05, 4.69) is 12.2 Å². The number of rotatable bonds is 10. The summed E-state index contributed by atoms with van der Waals surface area (Å²) in [4.78, 5) is 0. The highest BCUT2D eigenvalue weighted by molar-refractivity contribution is 4.55. The van der Waals surface area contributed by atoms with Gasteiger partial charge in [-0.05, 0) is 32.4 Å². The number of nitrogens with one attached hydrogen (secondary N) is 1. The van der Waals surface area contributed by atoms with Gasteiger partial charge in [-0.2, -0.15) is 0 Å². The van der Waals surface area contributed by atoms with Crippen LogP contribution in [0.4, 0.5) is 0 Å². The fraction of sp³-hybridized carbons (Fsp3) is 1.00. The molecule has 0 fully saturated rings. The monoisotopic (exact) mass is 202 g/mol. The zero-order valence-corrected chi connectivity index (χ0v) is 9.47. The van der Waals surface area contributed by atoms with Crippen LogP contribution >= 0.6 is 0 Å². The SMILES string of the molecule is CCCCCCCC(O)NCCCN. The van der Waals surface area contributed by atoms with E-state index in [4.69, 9.17) is 5.73 Å². The molecule has 0 rings (SSSR count). The second-order valence-electron chi connectivity index (χ2n) is 3.82. The van der Waals surface area contributed by atoms with Crippen molar-refractivity contribution in [2.75, 3.05) is 13.1 Å². The van der Waals surface area contributed by atoms with Gasteiger partial charge >= 0.3 is 0 Å². The minimum Gasteiger partial charge on any atom is -0.379 e. The predicted octanol–water partition coefficient (Wildman–Crippen LogP) is 1.60. The smallest absolute Gasteiger partial charge is 0.104 e. The summed E-state index contributed by atoms with van der Waals surface area (Å²) in [7, 11) is 0. The van der Waals surface area contributed by atoms with Crippen LogP contribution in [0.5, 0.6) is 0 Å². The van der Waals surface area contributed by atoms with Gasteiger partial charge in [-0.3, -0.25) is 5.32 Å². The van der Waals surface area contributed by atoms with Crippen molar-refractivity contribution in [3.63, 3.8) is 0 Å². The van der Waals surface area contributed by atoms with Crippen molar-refractivity contribution in [2.45, 2.75) is 58.1 Å². The molecule has 3 nitrogen and oxygen atoms in total. The van der Waals surface area contributed by atoms with Crippen LogP contribution in [0.1, 0.15) is 51.9 Å². The van der Waals surface area contributed by atoms with Gasteiger partial charge in [0, 0.05) is 0 Å². The number of unbranched alkanes of at least 4 members (excludes halogenated alkanes) is 4. The summed E-state index contributed by atoms with van der Waals surface area (Å²) in [5, 5.41) is 12.5. The Bertz CT molecular complexity index is 109. The van der Waals surface area contributed by atoms with E-state index in [1.807, 2.05) is 0 Å². The van der Waals surface area contributed by atoms with E-state index in [9.17, 15) is 5.11 Å². The van der Waals surface area contributed by atoms with Crippen molar-refractivity contribution >= 4 is 0 Å². The zero-order chi connectivity index (χ0) is 10.6. The number of hydrogen-bond acceptors (Lipinski definition) is 3. The number of aliphatic hydroxyl groups excluding tert-OH is 1. The summed E-state index contributed by atoms with van der Waals surface area (Å²) in [6.45, 7) is 3.73. The molecule has 4 N–H and O–H groups in total. The standard InChI is InChI=1S/C11H26N2O/c1-2-3-4-5-6-8-11(14)13-10-7-9-12/h11,13-14H,2-10,12H2,1H3. The van der Waals surface area contributed by atoms with Gasteiger partial charge in [-0.25, -0.2) is 0 Å². The fourth-order valence-corrected chi connectivity index (χ4v) is 1.41. The fourth-order valence-electron chi connectivity index (χ4n) is 1.41. The number of aliphatic hydroxyl groups is 1. The summed E-state index contributed by atoms with van der Waals surface area (Å²) in [5.74, 6) is 0. The molecule has 0 aromatic rings. The first-order valence-corrected chi connectivity index (χ1v) is 5.92. The molecule has 1 unspecified atom stereocenters. The maximum Gasteiger partial charge on any atom is 0.104 e. The summed E-state index contributed by atoms with van der Waals surface area (Å²) in [6, 6.07) is 0. The van der Waals surface area contributed by atoms with Gasteiger partial charge < -0.3 is 10.8 Å². The topological polar surface area (TPSA) is 58.3 Å². The Morgan fingerprint density at radius 1 is 1.14 bits per heavy atom. The largest absolute Gasteiger partial charge is 0.379 e. The molecule has 0 aromatic heterocycles. The average Bonchev–Trinajstić information content (AvgIpc) is 2.18. The van der Waals surface area contributed by atoms with E-state index < -0.39 is 0 Å². The molecule has 0 aliphatic carbocycles. The van der Waals surface area contributed by atoms with Gasteiger partial charge in [0.15, 0.2) is 0 Å². The van der Waals surface area contributed by atoms with Crippen molar-refractivity contribution in [3.05, 3.63) is 0 Å². The molecule has 0 radical (unpaired) electrons. The molecule has 86 valence electrons. The molecular weight excluding hydrogens is 176 g/mol. The Labute approximate surface area is 88.1 Å². The maximum absolute atomic E-state index is 9.48. The Morgan fingerprint density at radius 2 is 1.86 bits per heavy atom. The first kappa shape index (κ1) is 13.9. The van der Waals surface area contributed by atoms with E-state index in [0.717, 1.165) is 25.8 Å². The van der Waals surface area contributed by atoms with Gasteiger partial charge in [-0.1, -0.05) is 32.6 Å². The lowest BCUT2D eigenvalue weighted by Crippen LogP contribution is -2.30. The molecule has 0 aliphatic rings. The summed E-state index contributed by atoms with van der Waals surface area (Å²) in [5.41, 5.74) is 5.35. The Kier molecular flexibility index (Phi) is 10.9. The third kappa shape index (κ3) is 9.96. The second-order valence-corrected chi connectivity index (χ2v) is 3.82. The van der Waals surface area contributed by atoms with Gasteiger partial charge in [0.25, 0.3) is 0 Å². The highest BCUT2D eigenvalue weighted by atomic mass is 16.3. The van der Waals surface area contributed by atoms with Gasteiger partial charge in [-0.15, -0.1) is 0 Å². The average molecular weight is 202 g/mol. The van der Waals surface area contributed by atoms with E-state index in [1.165, 1.54) is 25.7 Å². The Morgan fingerprint density at radius 3 is 2.50 bits per heavy atom. The van der Waals surface area contributed by atoms with Crippen molar-refractivity contribution in [1.29, 1.82) is 0 Å². The van der Waals surface area contributed by atoms with Crippen LogP contribution in [-0.2, 0) is 0 Å². The van der Waals surface area contributed by atoms with Crippen LogP contribution in [0.3, 0.4) is 0 Å².